The highest BCUT2D eigenvalue weighted by atomic mass is 79.9. The van der Waals surface area contributed by atoms with E-state index in [1.807, 2.05) is 44.2 Å². The largest absolute Gasteiger partial charge is 0.467 e. The Kier molecular flexibility index (Phi) is 5.81. The zero-order valence-electron chi connectivity index (χ0n) is 15.9. The van der Waals surface area contributed by atoms with Crippen molar-refractivity contribution in [3.63, 3.8) is 0 Å². The van der Waals surface area contributed by atoms with E-state index >= 15 is 0 Å². The highest BCUT2D eigenvalue weighted by molar-refractivity contribution is 9.10. The molecule has 8 heteroatoms. The third-order valence-electron chi connectivity index (χ3n) is 4.60. The number of nitrogens with zero attached hydrogens (tertiary/aromatic N) is 2. The normalized spacial score (nSPS) is 16.8. The molecular formula is C20H19BrN2O4S. The van der Waals surface area contributed by atoms with Crippen molar-refractivity contribution >= 4 is 50.9 Å². The van der Waals surface area contributed by atoms with Gasteiger partial charge < -0.3 is 9.30 Å². The number of methoxy groups -OCH3 is 1. The molecule has 1 aromatic heterocycles. The zero-order chi connectivity index (χ0) is 20.6. The van der Waals surface area contributed by atoms with Crippen LogP contribution in [0.2, 0.25) is 0 Å². The van der Waals surface area contributed by atoms with Crippen molar-refractivity contribution < 1.29 is 19.1 Å². The van der Waals surface area contributed by atoms with Crippen molar-refractivity contribution in [1.29, 1.82) is 0 Å². The minimum atomic E-state index is -0.962. The number of halogens is 1. The predicted octanol–water partition coefficient (Wildman–Crippen LogP) is 4.45. The summed E-state index contributed by atoms with van der Waals surface area (Å²) < 4.78 is 7.69. The van der Waals surface area contributed by atoms with Gasteiger partial charge in [-0.15, -0.1) is 0 Å². The van der Waals surface area contributed by atoms with Gasteiger partial charge in [-0.3, -0.25) is 14.5 Å². The molecule has 2 aromatic rings. The Morgan fingerprint density at radius 3 is 2.57 bits per heavy atom. The summed E-state index contributed by atoms with van der Waals surface area (Å²) in [5.74, 6) is -1.12. The molecule has 0 bridgehead atoms. The number of para-hydroxylation sites is 1. The number of hydrogen-bond donors (Lipinski definition) is 0. The van der Waals surface area contributed by atoms with Gasteiger partial charge in [-0.05, 0) is 78.3 Å². The van der Waals surface area contributed by atoms with E-state index in [-0.39, 0.29) is 4.91 Å². The van der Waals surface area contributed by atoms with E-state index in [0.717, 1.165) is 43.8 Å². The second-order valence-corrected chi connectivity index (χ2v) is 8.21. The molecule has 1 aliphatic heterocycles. The van der Waals surface area contributed by atoms with Crippen LogP contribution in [0.25, 0.3) is 11.8 Å². The second-order valence-electron chi connectivity index (χ2n) is 6.36. The number of carbonyl (C=O) groups is 3. The van der Waals surface area contributed by atoms with E-state index in [4.69, 9.17) is 0 Å². The molecule has 1 aromatic carbocycles. The number of esters is 1. The Balaban J connectivity index is 1.98. The zero-order valence-corrected chi connectivity index (χ0v) is 18.3. The Hall–Kier alpha value is -2.32. The number of benzene rings is 1. The molecule has 0 unspecified atom stereocenters. The van der Waals surface area contributed by atoms with Crippen LogP contribution in [0.4, 0.5) is 4.79 Å². The summed E-state index contributed by atoms with van der Waals surface area (Å²) in [4.78, 5) is 37.9. The van der Waals surface area contributed by atoms with Crippen LogP contribution in [0, 0.1) is 13.8 Å². The highest BCUT2D eigenvalue weighted by Crippen LogP contribution is 2.35. The van der Waals surface area contributed by atoms with Crippen molar-refractivity contribution in [2.45, 2.75) is 26.8 Å². The van der Waals surface area contributed by atoms with Crippen LogP contribution in [0.1, 0.15) is 23.9 Å². The molecule has 28 heavy (non-hydrogen) atoms. The van der Waals surface area contributed by atoms with Crippen molar-refractivity contribution in [1.82, 2.24) is 9.47 Å². The summed E-state index contributed by atoms with van der Waals surface area (Å²) in [6.07, 6.45) is 1.70. The molecule has 0 N–H and O–H groups in total. The van der Waals surface area contributed by atoms with Gasteiger partial charge in [0.05, 0.1) is 17.7 Å². The number of ether oxygens (including phenoxy) is 1. The van der Waals surface area contributed by atoms with Gasteiger partial charge in [-0.1, -0.05) is 12.1 Å². The van der Waals surface area contributed by atoms with Crippen LogP contribution >= 0.6 is 27.7 Å². The van der Waals surface area contributed by atoms with E-state index in [0.29, 0.717) is 0 Å². The lowest BCUT2D eigenvalue weighted by molar-refractivity contribution is -0.148. The monoisotopic (exact) mass is 462 g/mol. The number of amides is 2. The Bertz CT molecular complexity index is 1010. The molecule has 6 nitrogen and oxygen atoms in total. The third kappa shape index (κ3) is 3.54. The summed E-state index contributed by atoms with van der Waals surface area (Å²) in [5, 5.41) is -0.478. The van der Waals surface area contributed by atoms with E-state index in [1.165, 1.54) is 14.0 Å². The maximum Gasteiger partial charge on any atom is 0.328 e. The molecular weight excluding hydrogens is 444 g/mol. The van der Waals surface area contributed by atoms with Crippen molar-refractivity contribution in [3.8, 4) is 5.69 Å². The first-order valence-corrected chi connectivity index (χ1v) is 10.2. The van der Waals surface area contributed by atoms with Gasteiger partial charge in [0.1, 0.15) is 6.04 Å². The summed E-state index contributed by atoms with van der Waals surface area (Å²) in [6.45, 7) is 5.42. The van der Waals surface area contributed by atoms with E-state index < -0.39 is 23.2 Å². The van der Waals surface area contributed by atoms with Crippen molar-refractivity contribution in [3.05, 3.63) is 56.7 Å². The van der Waals surface area contributed by atoms with Crippen molar-refractivity contribution in [2.75, 3.05) is 7.11 Å². The van der Waals surface area contributed by atoms with Gasteiger partial charge in [-0.2, -0.15) is 0 Å². The average molecular weight is 463 g/mol. The first-order chi connectivity index (χ1) is 13.3. The standard InChI is InChI=1S/C20H19BrN2O4S/c1-11-9-14(12(2)22(11)16-8-6-5-7-15(16)21)10-17-18(24)23(20(26)28-17)13(3)19(25)27-4/h5-10,13H,1-4H3/b17-10+/t13-/m0/s1. The van der Waals surface area contributed by atoms with Gasteiger partial charge in [-0.25, -0.2) is 4.79 Å². The maximum absolute atomic E-state index is 12.7. The van der Waals surface area contributed by atoms with E-state index in [9.17, 15) is 14.4 Å². The van der Waals surface area contributed by atoms with E-state index in [1.54, 1.807) is 6.08 Å². The Morgan fingerprint density at radius 1 is 1.25 bits per heavy atom. The minimum Gasteiger partial charge on any atom is -0.467 e. The minimum absolute atomic E-state index is 0.285. The molecule has 0 radical (unpaired) electrons. The van der Waals surface area contributed by atoms with Crippen LogP contribution in [0.5, 0.6) is 0 Å². The SMILES string of the molecule is COC(=O)[C@H](C)N1C(=O)S/C(=C/c2cc(C)n(-c3ccccc3Br)c2C)C1=O. The summed E-state index contributed by atoms with van der Waals surface area (Å²) in [6, 6.07) is 8.87. The van der Waals surface area contributed by atoms with Crippen LogP contribution in [0.3, 0.4) is 0 Å². The lowest BCUT2D eigenvalue weighted by Crippen LogP contribution is -2.42. The summed E-state index contributed by atoms with van der Waals surface area (Å²) in [5.41, 5.74) is 3.77. The Labute approximate surface area is 175 Å². The van der Waals surface area contributed by atoms with Gasteiger partial charge in [0.15, 0.2) is 0 Å². The highest BCUT2D eigenvalue weighted by Gasteiger charge is 2.41. The molecule has 1 aliphatic rings. The number of hydrogen-bond acceptors (Lipinski definition) is 5. The average Bonchev–Trinajstić information content (AvgIpc) is 3.09. The third-order valence-corrected chi connectivity index (χ3v) is 6.16. The Morgan fingerprint density at radius 2 is 1.93 bits per heavy atom. The molecule has 2 amide bonds. The van der Waals surface area contributed by atoms with Crippen LogP contribution in [-0.2, 0) is 14.3 Å². The van der Waals surface area contributed by atoms with Gasteiger partial charge in [0, 0.05) is 15.9 Å². The molecule has 0 saturated carbocycles. The van der Waals surface area contributed by atoms with Crippen LogP contribution in [-0.4, -0.2) is 39.7 Å². The van der Waals surface area contributed by atoms with E-state index in [2.05, 4.69) is 25.2 Å². The number of aromatic nitrogens is 1. The molecule has 1 atom stereocenters. The number of thioether (sulfide) groups is 1. The number of aryl methyl sites for hydroxylation is 1. The number of rotatable bonds is 4. The van der Waals surface area contributed by atoms with Gasteiger partial charge in [0.2, 0.25) is 0 Å². The van der Waals surface area contributed by atoms with Crippen molar-refractivity contribution in [2.24, 2.45) is 0 Å². The second kappa shape index (κ2) is 7.97. The molecule has 3 rings (SSSR count). The lowest BCUT2D eigenvalue weighted by Gasteiger charge is -2.18. The number of carbonyl (C=O) groups excluding carboxylic acids is 3. The first-order valence-electron chi connectivity index (χ1n) is 8.55. The molecule has 1 saturated heterocycles. The quantitative estimate of drug-likeness (QED) is 0.495. The summed E-state index contributed by atoms with van der Waals surface area (Å²) in [7, 11) is 1.23. The number of imide groups is 1. The topological polar surface area (TPSA) is 68.6 Å². The smallest absolute Gasteiger partial charge is 0.328 e. The fraction of sp³-hybridized carbons (Fsp3) is 0.250. The lowest BCUT2D eigenvalue weighted by atomic mass is 10.2. The first kappa shape index (κ1) is 20.4. The van der Waals surface area contributed by atoms with Gasteiger partial charge in [0.25, 0.3) is 11.1 Å². The molecule has 0 aliphatic carbocycles. The molecule has 146 valence electrons. The van der Waals surface area contributed by atoms with Crippen LogP contribution < -0.4 is 0 Å². The predicted molar refractivity (Wildman–Crippen MR) is 112 cm³/mol. The fourth-order valence-corrected chi connectivity index (χ4v) is 4.53. The summed E-state index contributed by atoms with van der Waals surface area (Å²) >= 11 is 4.40. The molecule has 0 spiro atoms. The maximum atomic E-state index is 12.7. The fourth-order valence-electron chi connectivity index (χ4n) is 3.17. The molecule has 2 heterocycles. The molecule has 1 fully saturated rings. The van der Waals surface area contributed by atoms with Crippen LogP contribution in [0.15, 0.2) is 39.7 Å². The van der Waals surface area contributed by atoms with Gasteiger partial charge >= 0.3 is 5.97 Å².